The minimum atomic E-state index is -0.366. The second kappa shape index (κ2) is 6.78. The highest BCUT2D eigenvalue weighted by molar-refractivity contribution is 5.85. The average Bonchev–Trinajstić information content (AvgIpc) is 3.10. The molecular weight excluding hydrogens is 340 g/mol. The molecule has 3 aromatic heterocycles. The van der Waals surface area contributed by atoms with Gasteiger partial charge in [-0.15, -0.1) is 12.4 Å². The summed E-state index contributed by atoms with van der Waals surface area (Å²) in [6.45, 7) is 0.196. The maximum atomic E-state index is 13.0. The van der Waals surface area contributed by atoms with Gasteiger partial charge in [-0.3, -0.25) is 18.9 Å². The first-order valence-electron chi connectivity index (χ1n) is 7.53. The number of H-pyrrole nitrogens is 1. The Bertz CT molecular complexity index is 1110. The van der Waals surface area contributed by atoms with E-state index in [1.807, 2.05) is 30.3 Å². The molecule has 0 saturated carbocycles. The van der Waals surface area contributed by atoms with Crippen LogP contribution < -0.4 is 11.2 Å². The molecule has 25 heavy (non-hydrogen) atoms. The molecule has 0 atom stereocenters. The van der Waals surface area contributed by atoms with Crippen molar-refractivity contribution in [1.29, 1.82) is 0 Å². The van der Waals surface area contributed by atoms with Gasteiger partial charge >= 0.3 is 5.69 Å². The zero-order chi connectivity index (χ0) is 16.5. The van der Waals surface area contributed by atoms with E-state index in [9.17, 15) is 9.59 Å². The number of halogens is 1. The fourth-order valence-corrected chi connectivity index (χ4v) is 2.80. The number of hydrogen-bond donors (Lipinski definition) is 1. The number of para-hydroxylation sites is 1. The Labute approximate surface area is 148 Å². The van der Waals surface area contributed by atoms with Crippen LogP contribution in [0.15, 0.2) is 76.7 Å². The van der Waals surface area contributed by atoms with Crippen molar-refractivity contribution in [1.82, 2.24) is 19.1 Å². The highest BCUT2D eigenvalue weighted by atomic mass is 35.5. The molecule has 0 spiro atoms. The summed E-state index contributed by atoms with van der Waals surface area (Å²) in [4.78, 5) is 32.6. The third-order valence-electron chi connectivity index (χ3n) is 3.95. The molecule has 0 bridgehead atoms. The van der Waals surface area contributed by atoms with Gasteiger partial charge in [-0.1, -0.05) is 18.2 Å². The molecule has 6 nitrogen and oxygen atoms in total. The average molecular weight is 355 g/mol. The van der Waals surface area contributed by atoms with Crippen molar-refractivity contribution in [3.63, 3.8) is 0 Å². The van der Waals surface area contributed by atoms with Crippen molar-refractivity contribution in [2.24, 2.45) is 0 Å². The van der Waals surface area contributed by atoms with Gasteiger partial charge in [-0.2, -0.15) is 0 Å². The number of hydrogen-bond acceptors (Lipinski definition) is 3. The lowest BCUT2D eigenvalue weighted by Crippen LogP contribution is -2.39. The summed E-state index contributed by atoms with van der Waals surface area (Å²) >= 11 is 0. The second-order valence-corrected chi connectivity index (χ2v) is 5.44. The molecular formula is C18H15ClN4O2. The third kappa shape index (κ3) is 2.88. The molecule has 0 saturated heterocycles. The Morgan fingerprint density at radius 2 is 1.68 bits per heavy atom. The lowest BCUT2D eigenvalue weighted by Gasteiger charge is -2.12. The monoisotopic (exact) mass is 354 g/mol. The van der Waals surface area contributed by atoms with E-state index < -0.39 is 0 Å². The van der Waals surface area contributed by atoms with E-state index in [4.69, 9.17) is 0 Å². The first-order valence-corrected chi connectivity index (χ1v) is 7.53. The van der Waals surface area contributed by atoms with Gasteiger partial charge in [0.2, 0.25) is 0 Å². The number of rotatable bonds is 3. The molecule has 0 radical (unpaired) electrons. The lowest BCUT2D eigenvalue weighted by molar-refractivity contribution is 0.684. The van der Waals surface area contributed by atoms with Crippen molar-refractivity contribution < 1.29 is 0 Å². The normalized spacial score (nSPS) is 10.6. The number of fused-ring (bicyclic) bond motifs is 1. The van der Waals surface area contributed by atoms with Crippen molar-refractivity contribution in [2.75, 3.05) is 0 Å². The number of pyridine rings is 1. The topological polar surface area (TPSA) is 72.7 Å². The molecule has 4 aromatic rings. The van der Waals surface area contributed by atoms with Crippen LogP contribution in [0.5, 0.6) is 0 Å². The summed E-state index contributed by atoms with van der Waals surface area (Å²) in [5.41, 5.74) is 1.85. The Morgan fingerprint density at radius 3 is 2.40 bits per heavy atom. The highest BCUT2D eigenvalue weighted by Crippen LogP contribution is 2.12. The van der Waals surface area contributed by atoms with Crippen LogP contribution >= 0.6 is 12.4 Å². The highest BCUT2D eigenvalue weighted by Gasteiger charge is 2.15. The lowest BCUT2D eigenvalue weighted by atomic mass is 10.2. The summed E-state index contributed by atoms with van der Waals surface area (Å²) in [6.07, 6.45) is 4.95. The molecule has 0 unspecified atom stereocenters. The van der Waals surface area contributed by atoms with Crippen LogP contribution in [0.2, 0.25) is 0 Å². The van der Waals surface area contributed by atoms with Crippen LogP contribution in [-0.2, 0) is 6.54 Å². The molecule has 4 rings (SSSR count). The Kier molecular flexibility index (Phi) is 4.54. The first-order chi connectivity index (χ1) is 11.8. The zero-order valence-electron chi connectivity index (χ0n) is 13.1. The fourth-order valence-electron chi connectivity index (χ4n) is 2.80. The van der Waals surface area contributed by atoms with Crippen molar-refractivity contribution in [2.45, 2.75) is 6.54 Å². The van der Waals surface area contributed by atoms with Gasteiger partial charge in [0, 0.05) is 18.6 Å². The van der Waals surface area contributed by atoms with Crippen LogP contribution in [0, 0.1) is 0 Å². The second-order valence-electron chi connectivity index (χ2n) is 5.44. The third-order valence-corrected chi connectivity index (χ3v) is 3.95. The van der Waals surface area contributed by atoms with E-state index in [-0.39, 0.29) is 30.2 Å². The van der Waals surface area contributed by atoms with Crippen LogP contribution in [-0.4, -0.2) is 19.1 Å². The molecule has 1 N–H and O–H groups in total. The Hall–Kier alpha value is -3.12. The van der Waals surface area contributed by atoms with Gasteiger partial charge < -0.3 is 4.98 Å². The van der Waals surface area contributed by atoms with Gasteiger partial charge in [0.25, 0.3) is 5.56 Å². The summed E-state index contributed by atoms with van der Waals surface area (Å²) in [6, 6.07) is 14.6. The van der Waals surface area contributed by atoms with E-state index in [0.717, 1.165) is 11.3 Å². The van der Waals surface area contributed by atoms with Gasteiger partial charge in [0.1, 0.15) is 5.52 Å². The van der Waals surface area contributed by atoms with Gasteiger partial charge in [-0.05, 0) is 35.9 Å². The van der Waals surface area contributed by atoms with E-state index in [2.05, 4.69) is 9.97 Å². The molecule has 0 amide bonds. The summed E-state index contributed by atoms with van der Waals surface area (Å²) in [5, 5.41) is 0. The van der Waals surface area contributed by atoms with Crippen LogP contribution in [0.25, 0.3) is 16.7 Å². The Morgan fingerprint density at radius 1 is 0.960 bits per heavy atom. The molecule has 7 heteroatoms. The number of benzene rings is 1. The predicted molar refractivity (Wildman–Crippen MR) is 98.7 cm³/mol. The maximum Gasteiger partial charge on any atom is 0.336 e. The van der Waals surface area contributed by atoms with Gasteiger partial charge in [0.05, 0.1) is 17.7 Å². The minimum absolute atomic E-state index is 0. The molecule has 1 aromatic carbocycles. The predicted octanol–water partition coefficient (Wildman–Crippen LogP) is 2.35. The summed E-state index contributed by atoms with van der Waals surface area (Å²) in [5.74, 6) is 0. The van der Waals surface area contributed by atoms with Crippen molar-refractivity contribution >= 4 is 23.4 Å². The quantitative estimate of drug-likeness (QED) is 0.613. The number of aromatic nitrogens is 4. The number of aromatic amines is 1. The van der Waals surface area contributed by atoms with Crippen LogP contribution in [0.3, 0.4) is 0 Å². The van der Waals surface area contributed by atoms with Crippen molar-refractivity contribution in [3.8, 4) is 5.69 Å². The SMILES string of the molecule is Cl.O=c1c2[nH]ccc2n(-c2ccccc2)c(=O)n1Cc1ccncc1. The molecule has 3 heterocycles. The molecule has 0 aliphatic rings. The van der Waals surface area contributed by atoms with Gasteiger partial charge in [0.15, 0.2) is 0 Å². The minimum Gasteiger partial charge on any atom is -0.355 e. The zero-order valence-corrected chi connectivity index (χ0v) is 13.9. The van der Waals surface area contributed by atoms with E-state index >= 15 is 0 Å². The molecule has 0 aliphatic carbocycles. The largest absolute Gasteiger partial charge is 0.355 e. The fraction of sp³-hybridized carbons (Fsp3) is 0.0556. The smallest absolute Gasteiger partial charge is 0.336 e. The summed E-state index contributed by atoms with van der Waals surface area (Å²) < 4.78 is 2.79. The maximum absolute atomic E-state index is 13.0. The van der Waals surface area contributed by atoms with Crippen LogP contribution in [0.1, 0.15) is 5.56 Å². The van der Waals surface area contributed by atoms with Gasteiger partial charge in [-0.25, -0.2) is 4.79 Å². The van der Waals surface area contributed by atoms with E-state index in [0.29, 0.717) is 11.0 Å². The number of nitrogens with one attached hydrogen (secondary N) is 1. The molecule has 0 fully saturated rings. The van der Waals surface area contributed by atoms with E-state index in [1.54, 1.807) is 41.4 Å². The van der Waals surface area contributed by atoms with E-state index in [1.165, 1.54) is 4.57 Å². The molecule has 0 aliphatic heterocycles. The Balaban J connectivity index is 0.00000182. The van der Waals surface area contributed by atoms with Crippen molar-refractivity contribution in [3.05, 3.63) is 93.5 Å². The van der Waals surface area contributed by atoms with Crippen LogP contribution in [0.4, 0.5) is 0 Å². The first kappa shape index (κ1) is 16.7. The molecule has 126 valence electrons. The number of nitrogens with zero attached hydrogens (tertiary/aromatic N) is 3. The standard InChI is InChI=1S/C18H14N4O2.ClH/c23-17-16-15(8-11-20-16)22(14-4-2-1-3-5-14)18(24)21(17)12-13-6-9-19-10-7-13;/h1-11,20H,12H2;1H. The summed E-state index contributed by atoms with van der Waals surface area (Å²) in [7, 11) is 0.